The predicted molar refractivity (Wildman–Crippen MR) is 102 cm³/mol. The molecule has 1 amide bonds. The van der Waals surface area contributed by atoms with E-state index in [2.05, 4.69) is 11.4 Å². The van der Waals surface area contributed by atoms with Crippen LogP contribution in [0.2, 0.25) is 0 Å². The third-order valence-corrected chi connectivity index (χ3v) is 5.01. The van der Waals surface area contributed by atoms with Crippen molar-refractivity contribution in [1.29, 1.82) is 5.26 Å². The van der Waals surface area contributed by atoms with Gasteiger partial charge in [-0.15, -0.1) is 0 Å². The highest BCUT2D eigenvalue weighted by molar-refractivity contribution is 5.92. The van der Waals surface area contributed by atoms with Gasteiger partial charge in [0.1, 0.15) is 23.6 Å². The summed E-state index contributed by atoms with van der Waals surface area (Å²) in [5.74, 6) is 1.45. The molecular formula is C21H24N3O3+. The first-order valence-corrected chi connectivity index (χ1v) is 9.01. The van der Waals surface area contributed by atoms with Gasteiger partial charge in [-0.05, 0) is 24.3 Å². The van der Waals surface area contributed by atoms with Gasteiger partial charge in [0.25, 0.3) is 5.91 Å². The van der Waals surface area contributed by atoms with E-state index in [9.17, 15) is 10.1 Å². The average molecular weight is 366 g/mol. The molecule has 1 unspecified atom stereocenters. The summed E-state index contributed by atoms with van der Waals surface area (Å²) in [4.78, 5) is 13.8. The van der Waals surface area contributed by atoms with Crippen molar-refractivity contribution in [2.45, 2.75) is 18.9 Å². The molecule has 1 saturated heterocycles. The number of amides is 1. The number of carbonyl (C=O) groups excluding carboxylic acids is 1. The molecule has 0 radical (unpaired) electrons. The maximum Gasteiger partial charge on any atom is 0.279 e. The van der Waals surface area contributed by atoms with Crippen LogP contribution in [0.5, 0.6) is 11.5 Å². The first-order valence-electron chi connectivity index (χ1n) is 9.01. The Bertz CT molecular complexity index is 860. The van der Waals surface area contributed by atoms with Crippen LogP contribution in [0.4, 0.5) is 5.69 Å². The highest BCUT2D eigenvalue weighted by atomic mass is 16.5. The summed E-state index contributed by atoms with van der Waals surface area (Å²) in [5, 5.41) is 12.0. The Morgan fingerprint density at radius 3 is 2.81 bits per heavy atom. The van der Waals surface area contributed by atoms with E-state index in [0.29, 0.717) is 17.8 Å². The lowest BCUT2D eigenvalue weighted by molar-refractivity contribution is -0.910. The third-order valence-electron chi connectivity index (χ3n) is 5.01. The number of ether oxygens (including phenoxy) is 2. The summed E-state index contributed by atoms with van der Waals surface area (Å²) in [6.45, 7) is 1.27. The minimum Gasteiger partial charge on any atom is -0.497 e. The molecule has 1 aliphatic rings. The molecule has 27 heavy (non-hydrogen) atoms. The van der Waals surface area contributed by atoms with Crippen LogP contribution in [-0.2, 0) is 4.79 Å². The third kappa shape index (κ3) is 4.21. The number of anilines is 1. The predicted octanol–water partition coefficient (Wildman–Crippen LogP) is 1.93. The zero-order valence-electron chi connectivity index (χ0n) is 15.6. The number of likely N-dealkylation sites (tertiary alicyclic amines) is 1. The standard InChI is InChI=1S/C21H23N3O3/c1-26-16-9-10-17(20(12-16)27-2)19-8-5-11-24(19)14-21(25)23-18-7-4-3-6-15(18)13-22/h3-4,6-7,9-10,12,19H,5,8,11,14H2,1-2H3,(H,23,25)/p+1/t19-/m1/s1. The Morgan fingerprint density at radius 1 is 1.26 bits per heavy atom. The van der Waals surface area contributed by atoms with Crippen LogP contribution in [0, 0.1) is 11.3 Å². The lowest BCUT2D eigenvalue weighted by Gasteiger charge is -2.23. The number of nitrogens with one attached hydrogen (secondary N) is 2. The van der Waals surface area contributed by atoms with E-state index in [1.165, 1.54) is 4.90 Å². The second kappa shape index (κ2) is 8.56. The van der Waals surface area contributed by atoms with Gasteiger partial charge in [-0.25, -0.2) is 0 Å². The second-order valence-corrected chi connectivity index (χ2v) is 6.59. The summed E-state index contributed by atoms with van der Waals surface area (Å²) >= 11 is 0. The Balaban J connectivity index is 1.73. The molecule has 1 aliphatic heterocycles. The summed E-state index contributed by atoms with van der Waals surface area (Å²) in [7, 11) is 3.28. The lowest BCUT2D eigenvalue weighted by Crippen LogP contribution is -3.11. The summed E-state index contributed by atoms with van der Waals surface area (Å²) in [6, 6.07) is 15.2. The number of nitrogens with zero attached hydrogens (tertiary/aromatic N) is 1. The van der Waals surface area contributed by atoms with Gasteiger partial charge in [-0.3, -0.25) is 4.79 Å². The van der Waals surface area contributed by atoms with Crippen molar-refractivity contribution in [2.24, 2.45) is 0 Å². The molecule has 6 heteroatoms. The van der Waals surface area contributed by atoms with E-state index in [1.807, 2.05) is 24.3 Å². The number of benzene rings is 2. The van der Waals surface area contributed by atoms with Crippen LogP contribution >= 0.6 is 0 Å². The van der Waals surface area contributed by atoms with Crippen molar-refractivity contribution in [3.8, 4) is 17.6 Å². The Kier molecular flexibility index (Phi) is 5.94. The molecule has 2 aromatic rings. The van der Waals surface area contributed by atoms with E-state index in [0.717, 1.165) is 36.4 Å². The number of hydrogen-bond donors (Lipinski definition) is 2. The van der Waals surface area contributed by atoms with Gasteiger partial charge in [0.05, 0.1) is 37.6 Å². The number of carbonyl (C=O) groups is 1. The number of hydrogen-bond acceptors (Lipinski definition) is 4. The van der Waals surface area contributed by atoms with E-state index < -0.39 is 0 Å². The number of para-hydroxylation sites is 1. The Morgan fingerprint density at radius 2 is 2.07 bits per heavy atom. The minimum atomic E-state index is -0.0907. The largest absolute Gasteiger partial charge is 0.497 e. The second-order valence-electron chi connectivity index (χ2n) is 6.59. The lowest BCUT2D eigenvalue weighted by atomic mass is 10.0. The maximum absolute atomic E-state index is 12.6. The number of methoxy groups -OCH3 is 2. The van der Waals surface area contributed by atoms with Gasteiger partial charge in [-0.2, -0.15) is 5.26 Å². The number of nitriles is 1. The molecule has 2 atom stereocenters. The van der Waals surface area contributed by atoms with Gasteiger partial charge < -0.3 is 19.7 Å². The topological polar surface area (TPSA) is 75.8 Å². The number of rotatable bonds is 6. The molecule has 2 N–H and O–H groups in total. The van der Waals surface area contributed by atoms with Crippen molar-refractivity contribution in [3.05, 3.63) is 53.6 Å². The fourth-order valence-corrected chi connectivity index (χ4v) is 3.70. The molecule has 3 rings (SSSR count). The molecule has 6 nitrogen and oxygen atoms in total. The molecular weight excluding hydrogens is 342 g/mol. The van der Waals surface area contributed by atoms with Gasteiger partial charge >= 0.3 is 0 Å². The van der Waals surface area contributed by atoms with Crippen molar-refractivity contribution < 1.29 is 19.2 Å². The normalized spacial score (nSPS) is 18.6. The van der Waals surface area contributed by atoms with Crippen LogP contribution in [-0.4, -0.2) is 33.2 Å². The maximum atomic E-state index is 12.6. The average Bonchev–Trinajstić information content (AvgIpc) is 3.15. The van der Waals surface area contributed by atoms with Crippen LogP contribution in [0.3, 0.4) is 0 Å². The Hall–Kier alpha value is -3.04. The molecule has 0 aliphatic carbocycles. The number of quaternary nitrogens is 1. The zero-order chi connectivity index (χ0) is 19.2. The fourth-order valence-electron chi connectivity index (χ4n) is 3.70. The molecule has 2 aromatic carbocycles. The Labute approximate surface area is 159 Å². The van der Waals surface area contributed by atoms with Crippen molar-refractivity contribution in [3.63, 3.8) is 0 Å². The highest BCUT2D eigenvalue weighted by Crippen LogP contribution is 2.31. The van der Waals surface area contributed by atoms with Gasteiger partial charge in [-0.1, -0.05) is 12.1 Å². The van der Waals surface area contributed by atoms with E-state index in [1.54, 1.807) is 32.4 Å². The van der Waals surface area contributed by atoms with Gasteiger partial charge in [0, 0.05) is 18.9 Å². The van der Waals surface area contributed by atoms with E-state index >= 15 is 0 Å². The first-order chi connectivity index (χ1) is 13.2. The van der Waals surface area contributed by atoms with Crippen LogP contribution in [0.15, 0.2) is 42.5 Å². The molecule has 1 fully saturated rings. The van der Waals surface area contributed by atoms with Gasteiger partial charge in [0.2, 0.25) is 0 Å². The van der Waals surface area contributed by atoms with Crippen molar-refractivity contribution >= 4 is 11.6 Å². The summed E-state index contributed by atoms with van der Waals surface area (Å²) in [6.07, 6.45) is 2.05. The smallest absolute Gasteiger partial charge is 0.279 e. The SMILES string of the molecule is COc1ccc([C@H]2CCC[NH+]2CC(=O)Nc2ccccc2C#N)c(OC)c1. The first kappa shape index (κ1) is 18.7. The molecule has 140 valence electrons. The molecule has 0 bridgehead atoms. The van der Waals surface area contributed by atoms with Crippen LogP contribution in [0.25, 0.3) is 0 Å². The highest BCUT2D eigenvalue weighted by Gasteiger charge is 2.33. The monoisotopic (exact) mass is 366 g/mol. The van der Waals surface area contributed by atoms with Crippen molar-refractivity contribution in [1.82, 2.24) is 0 Å². The van der Waals surface area contributed by atoms with E-state index in [-0.39, 0.29) is 11.9 Å². The molecule has 0 spiro atoms. The van der Waals surface area contributed by atoms with Crippen molar-refractivity contribution in [2.75, 3.05) is 32.6 Å². The molecule has 1 heterocycles. The fraction of sp³-hybridized carbons (Fsp3) is 0.333. The quantitative estimate of drug-likeness (QED) is 0.819. The summed E-state index contributed by atoms with van der Waals surface area (Å²) < 4.78 is 10.8. The van der Waals surface area contributed by atoms with E-state index in [4.69, 9.17) is 9.47 Å². The van der Waals surface area contributed by atoms with Crippen LogP contribution in [0.1, 0.15) is 30.0 Å². The summed E-state index contributed by atoms with van der Waals surface area (Å²) in [5.41, 5.74) is 2.12. The molecule has 0 aromatic heterocycles. The minimum absolute atomic E-state index is 0.0907. The zero-order valence-corrected chi connectivity index (χ0v) is 15.6. The molecule has 0 saturated carbocycles. The van der Waals surface area contributed by atoms with Crippen LogP contribution < -0.4 is 19.7 Å². The van der Waals surface area contributed by atoms with Gasteiger partial charge in [0.15, 0.2) is 6.54 Å².